The predicted octanol–water partition coefficient (Wildman–Crippen LogP) is 2.03. The maximum absolute atomic E-state index is 13.3. The molecule has 23 heavy (non-hydrogen) atoms. The SMILES string of the molecule is COC[C@H]1CC2(CCN(S(=O)(=O)c3cccc(F)c3)CC2)CO1. The number of halogens is 1. The average Bonchev–Trinajstić information content (AvgIpc) is 2.91. The second kappa shape index (κ2) is 6.47. The molecule has 7 heteroatoms. The van der Waals surface area contributed by atoms with Crippen molar-refractivity contribution in [3.05, 3.63) is 30.1 Å². The van der Waals surface area contributed by atoms with E-state index in [4.69, 9.17) is 9.47 Å². The van der Waals surface area contributed by atoms with E-state index >= 15 is 0 Å². The average molecular weight is 343 g/mol. The second-order valence-electron chi connectivity index (χ2n) is 6.45. The topological polar surface area (TPSA) is 55.8 Å². The van der Waals surface area contributed by atoms with Gasteiger partial charge in [0.1, 0.15) is 5.82 Å². The maximum Gasteiger partial charge on any atom is 0.243 e. The number of ether oxygens (including phenoxy) is 2. The summed E-state index contributed by atoms with van der Waals surface area (Å²) in [5.74, 6) is -0.536. The Hall–Kier alpha value is -1.02. The third-order valence-electron chi connectivity index (χ3n) is 4.86. The van der Waals surface area contributed by atoms with Crippen LogP contribution >= 0.6 is 0 Å². The molecule has 0 aliphatic carbocycles. The van der Waals surface area contributed by atoms with Crippen molar-refractivity contribution in [1.82, 2.24) is 4.31 Å². The van der Waals surface area contributed by atoms with E-state index in [1.54, 1.807) is 7.11 Å². The van der Waals surface area contributed by atoms with E-state index in [1.807, 2.05) is 0 Å². The van der Waals surface area contributed by atoms with Crippen molar-refractivity contribution < 1.29 is 22.3 Å². The molecule has 128 valence electrons. The Bertz CT molecular complexity index is 656. The molecule has 2 aliphatic rings. The van der Waals surface area contributed by atoms with Crippen LogP contribution in [0.15, 0.2) is 29.2 Å². The highest BCUT2D eigenvalue weighted by Gasteiger charge is 2.44. The Morgan fingerprint density at radius 2 is 2.13 bits per heavy atom. The van der Waals surface area contributed by atoms with Crippen molar-refractivity contribution >= 4 is 10.0 Å². The molecule has 3 rings (SSSR count). The van der Waals surface area contributed by atoms with Crippen molar-refractivity contribution in [3.63, 3.8) is 0 Å². The fourth-order valence-corrected chi connectivity index (χ4v) is 4.99. The molecule has 1 aromatic carbocycles. The van der Waals surface area contributed by atoms with Crippen molar-refractivity contribution in [3.8, 4) is 0 Å². The van der Waals surface area contributed by atoms with Crippen LogP contribution in [0.25, 0.3) is 0 Å². The summed E-state index contributed by atoms with van der Waals surface area (Å²) in [5, 5.41) is 0. The van der Waals surface area contributed by atoms with E-state index in [9.17, 15) is 12.8 Å². The highest BCUT2D eigenvalue weighted by Crippen LogP contribution is 2.42. The number of sulfonamides is 1. The smallest absolute Gasteiger partial charge is 0.243 e. The number of benzene rings is 1. The first-order valence-corrected chi connectivity index (χ1v) is 9.25. The van der Waals surface area contributed by atoms with Crippen molar-refractivity contribution in [2.45, 2.75) is 30.3 Å². The number of methoxy groups -OCH3 is 1. The lowest BCUT2D eigenvalue weighted by molar-refractivity contribution is 0.0312. The molecule has 1 atom stereocenters. The zero-order chi connectivity index (χ0) is 16.5. The molecule has 0 unspecified atom stereocenters. The first kappa shape index (κ1) is 16.8. The molecule has 0 amide bonds. The van der Waals surface area contributed by atoms with Crippen LogP contribution in [0.3, 0.4) is 0 Å². The van der Waals surface area contributed by atoms with Gasteiger partial charge in [0.2, 0.25) is 10.0 Å². The van der Waals surface area contributed by atoms with Crippen LogP contribution in [-0.2, 0) is 19.5 Å². The lowest BCUT2D eigenvalue weighted by Gasteiger charge is -2.37. The van der Waals surface area contributed by atoms with Gasteiger partial charge < -0.3 is 9.47 Å². The van der Waals surface area contributed by atoms with Crippen LogP contribution in [0.1, 0.15) is 19.3 Å². The molecular formula is C16H22FNO4S. The number of hydrogen-bond donors (Lipinski definition) is 0. The minimum Gasteiger partial charge on any atom is -0.382 e. The fourth-order valence-electron chi connectivity index (χ4n) is 3.51. The van der Waals surface area contributed by atoms with Crippen LogP contribution in [0.5, 0.6) is 0 Å². The zero-order valence-corrected chi connectivity index (χ0v) is 14.0. The molecule has 5 nitrogen and oxygen atoms in total. The zero-order valence-electron chi connectivity index (χ0n) is 13.2. The minimum absolute atomic E-state index is 0.0216. The van der Waals surface area contributed by atoms with E-state index in [0.29, 0.717) is 26.3 Å². The summed E-state index contributed by atoms with van der Waals surface area (Å²) in [7, 11) is -1.97. The largest absolute Gasteiger partial charge is 0.382 e. The molecule has 0 radical (unpaired) electrons. The van der Waals surface area contributed by atoms with Crippen LogP contribution in [0.4, 0.5) is 4.39 Å². The van der Waals surface area contributed by atoms with E-state index < -0.39 is 15.8 Å². The van der Waals surface area contributed by atoms with Crippen LogP contribution in [0.2, 0.25) is 0 Å². The third kappa shape index (κ3) is 3.42. The lowest BCUT2D eigenvalue weighted by atomic mass is 9.77. The molecule has 0 bridgehead atoms. The maximum atomic E-state index is 13.3. The monoisotopic (exact) mass is 343 g/mol. The molecule has 1 spiro atoms. The van der Waals surface area contributed by atoms with Gasteiger partial charge in [-0.3, -0.25) is 0 Å². The number of hydrogen-bond acceptors (Lipinski definition) is 4. The predicted molar refractivity (Wildman–Crippen MR) is 83.1 cm³/mol. The van der Waals surface area contributed by atoms with Gasteiger partial charge in [-0.25, -0.2) is 12.8 Å². The van der Waals surface area contributed by atoms with Crippen molar-refractivity contribution in [1.29, 1.82) is 0 Å². The lowest BCUT2D eigenvalue weighted by Crippen LogP contribution is -2.43. The molecular weight excluding hydrogens is 321 g/mol. The molecule has 2 heterocycles. The van der Waals surface area contributed by atoms with E-state index in [-0.39, 0.29) is 16.4 Å². The first-order chi connectivity index (χ1) is 11.0. The molecule has 0 aromatic heterocycles. The summed E-state index contributed by atoms with van der Waals surface area (Å²) in [6.45, 7) is 2.13. The fraction of sp³-hybridized carbons (Fsp3) is 0.625. The summed E-state index contributed by atoms with van der Waals surface area (Å²) < 4.78 is 50.9. The van der Waals surface area contributed by atoms with Gasteiger partial charge in [-0.05, 0) is 42.9 Å². The number of piperidine rings is 1. The van der Waals surface area contributed by atoms with Crippen molar-refractivity contribution in [2.24, 2.45) is 5.41 Å². The highest BCUT2D eigenvalue weighted by atomic mass is 32.2. The standard InChI is InChI=1S/C16H22FNO4S/c1-21-11-14-10-16(12-22-14)5-7-18(8-6-16)23(19,20)15-4-2-3-13(17)9-15/h2-4,9,14H,5-8,10-12H2,1H3/t14-/m1/s1. The normalized spacial score (nSPS) is 25.0. The quantitative estimate of drug-likeness (QED) is 0.839. The van der Waals surface area contributed by atoms with Gasteiger partial charge in [0, 0.05) is 20.2 Å². The summed E-state index contributed by atoms with van der Waals surface area (Å²) in [6, 6.07) is 5.19. The van der Waals surface area contributed by atoms with Crippen molar-refractivity contribution in [2.75, 3.05) is 33.4 Å². The van der Waals surface area contributed by atoms with Gasteiger partial charge in [-0.2, -0.15) is 4.31 Å². The first-order valence-electron chi connectivity index (χ1n) is 7.81. The highest BCUT2D eigenvalue weighted by molar-refractivity contribution is 7.89. The Kier molecular flexibility index (Phi) is 4.73. The Labute approximate surface area is 136 Å². The van der Waals surface area contributed by atoms with Crippen LogP contribution < -0.4 is 0 Å². The summed E-state index contributed by atoms with van der Waals surface area (Å²) >= 11 is 0. The minimum atomic E-state index is -3.63. The summed E-state index contributed by atoms with van der Waals surface area (Å²) in [5.41, 5.74) is 0.0527. The van der Waals surface area contributed by atoms with E-state index in [1.165, 1.54) is 22.5 Å². The van der Waals surface area contributed by atoms with E-state index in [2.05, 4.69) is 0 Å². The number of nitrogens with zero attached hydrogens (tertiary/aromatic N) is 1. The number of rotatable bonds is 4. The van der Waals surface area contributed by atoms with Gasteiger partial charge in [-0.1, -0.05) is 6.07 Å². The van der Waals surface area contributed by atoms with Gasteiger partial charge in [0.15, 0.2) is 0 Å². The second-order valence-corrected chi connectivity index (χ2v) is 8.39. The van der Waals surface area contributed by atoms with Gasteiger partial charge in [0.05, 0.1) is 24.2 Å². The van der Waals surface area contributed by atoms with Gasteiger partial charge in [-0.15, -0.1) is 0 Å². The van der Waals surface area contributed by atoms with Gasteiger partial charge >= 0.3 is 0 Å². The molecule has 2 fully saturated rings. The van der Waals surface area contributed by atoms with E-state index in [0.717, 1.165) is 25.3 Å². The Morgan fingerprint density at radius 3 is 2.78 bits per heavy atom. The summed E-state index contributed by atoms with van der Waals surface area (Å²) in [4.78, 5) is 0.0216. The van der Waals surface area contributed by atoms with Gasteiger partial charge in [0.25, 0.3) is 0 Å². The molecule has 1 aromatic rings. The molecule has 2 saturated heterocycles. The summed E-state index contributed by atoms with van der Waals surface area (Å²) in [6.07, 6.45) is 2.55. The Morgan fingerprint density at radius 1 is 1.39 bits per heavy atom. The molecule has 0 saturated carbocycles. The molecule has 2 aliphatic heterocycles. The van der Waals surface area contributed by atoms with Crippen LogP contribution in [0, 0.1) is 11.2 Å². The Balaban J connectivity index is 1.67. The third-order valence-corrected chi connectivity index (χ3v) is 6.75. The van der Waals surface area contributed by atoms with Crippen LogP contribution in [-0.4, -0.2) is 52.2 Å². The molecule has 0 N–H and O–H groups in total.